The van der Waals surface area contributed by atoms with Gasteiger partial charge < -0.3 is 9.16 Å². The Labute approximate surface area is 89.1 Å². The molecule has 3 nitrogen and oxygen atoms in total. The van der Waals surface area contributed by atoms with E-state index in [0.29, 0.717) is 6.23 Å². The summed E-state index contributed by atoms with van der Waals surface area (Å²) in [6.07, 6.45) is 0.466. The van der Waals surface area contributed by atoms with Crippen LogP contribution in [0.25, 0.3) is 0 Å². The number of carbonyl (C=O) groups is 1. The van der Waals surface area contributed by atoms with Crippen molar-refractivity contribution in [1.82, 2.24) is 0 Å². The lowest BCUT2D eigenvalue weighted by Crippen LogP contribution is -2.28. The molecule has 0 aliphatic heterocycles. The minimum Gasteiger partial charge on any atom is -0.467 e. The lowest BCUT2D eigenvalue weighted by atomic mass is 9.98. The van der Waals surface area contributed by atoms with Crippen LogP contribution < -0.4 is 0 Å². The SMILES string of the molecule is CC(C)(C)O[SiH2]COC(=O)C(C)(C)C. The topological polar surface area (TPSA) is 35.5 Å². The Bertz CT molecular complexity index is 189. The summed E-state index contributed by atoms with van der Waals surface area (Å²) < 4.78 is 10.7. The molecule has 0 heterocycles. The van der Waals surface area contributed by atoms with Crippen LogP contribution in [0.1, 0.15) is 41.5 Å². The number of esters is 1. The molecule has 0 amide bonds. The molecule has 0 aromatic heterocycles. The summed E-state index contributed by atoms with van der Waals surface area (Å²) in [5.74, 6) is -0.150. The zero-order chi connectivity index (χ0) is 11.4. The molecule has 0 saturated carbocycles. The maximum atomic E-state index is 11.3. The minimum atomic E-state index is -0.737. The van der Waals surface area contributed by atoms with Crippen LogP contribution in [-0.2, 0) is 14.0 Å². The molecule has 14 heavy (non-hydrogen) atoms. The monoisotopic (exact) mass is 218 g/mol. The lowest BCUT2D eigenvalue weighted by Gasteiger charge is -2.21. The molecule has 0 radical (unpaired) electrons. The quantitative estimate of drug-likeness (QED) is 0.408. The summed E-state index contributed by atoms with van der Waals surface area (Å²) in [4.78, 5) is 11.3. The highest BCUT2D eigenvalue weighted by atomic mass is 28.2. The average molecular weight is 218 g/mol. The van der Waals surface area contributed by atoms with Crippen molar-refractivity contribution < 1.29 is 14.0 Å². The molecule has 0 aromatic rings. The molecule has 0 aliphatic rings. The minimum absolute atomic E-state index is 0.111. The molecule has 84 valence electrons. The Morgan fingerprint density at radius 1 is 1.14 bits per heavy atom. The van der Waals surface area contributed by atoms with Gasteiger partial charge in [0, 0.05) is 5.60 Å². The van der Waals surface area contributed by atoms with Crippen LogP contribution >= 0.6 is 0 Å². The van der Waals surface area contributed by atoms with Gasteiger partial charge in [-0.25, -0.2) is 0 Å². The number of ether oxygens (including phenoxy) is 1. The van der Waals surface area contributed by atoms with Gasteiger partial charge in [0.2, 0.25) is 9.76 Å². The molecule has 0 N–H and O–H groups in total. The third kappa shape index (κ3) is 7.09. The van der Waals surface area contributed by atoms with Crippen molar-refractivity contribution in [2.24, 2.45) is 5.41 Å². The Morgan fingerprint density at radius 3 is 2.00 bits per heavy atom. The van der Waals surface area contributed by atoms with E-state index in [1.807, 2.05) is 41.5 Å². The van der Waals surface area contributed by atoms with Gasteiger partial charge in [0.15, 0.2) is 0 Å². The normalized spacial score (nSPS) is 13.6. The van der Waals surface area contributed by atoms with Crippen molar-refractivity contribution >= 4 is 15.7 Å². The highest BCUT2D eigenvalue weighted by molar-refractivity contribution is 6.27. The molecule has 0 aromatic carbocycles. The van der Waals surface area contributed by atoms with Crippen LogP contribution in [-0.4, -0.2) is 27.6 Å². The van der Waals surface area contributed by atoms with Gasteiger partial charge in [-0.15, -0.1) is 0 Å². The summed E-state index contributed by atoms with van der Waals surface area (Å²) in [6.45, 7) is 11.6. The standard InChI is InChI=1S/C10H22O3Si/c1-9(2,3)8(11)12-7-14-13-10(4,5)6/h7,14H2,1-6H3. The van der Waals surface area contributed by atoms with Gasteiger partial charge in [-0.05, 0) is 41.5 Å². The van der Waals surface area contributed by atoms with E-state index in [1.54, 1.807) is 0 Å². The summed E-state index contributed by atoms with van der Waals surface area (Å²) in [5, 5.41) is 0. The molecule has 0 saturated heterocycles. The van der Waals surface area contributed by atoms with Gasteiger partial charge in [0.25, 0.3) is 0 Å². The number of hydrogen-bond donors (Lipinski definition) is 0. The Balaban J connectivity index is 3.62. The first kappa shape index (κ1) is 13.6. The van der Waals surface area contributed by atoms with E-state index < -0.39 is 15.2 Å². The molecular weight excluding hydrogens is 196 g/mol. The van der Waals surface area contributed by atoms with Gasteiger partial charge in [-0.1, -0.05) is 0 Å². The predicted octanol–water partition coefficient (Wildman–Crippen LogP) is 1.43. The lowest BCUT2D eigenvalue weighted by molar-refractivity contribution is -0.151. The fraction of sp³-hybridized carbons (Fsp3) is 0.900. The van der Waals surface area contributed by atoms with Crippen molar-refractivity contribution in [1.29, 1.82) is 0 Å². The van der Waals surface area contributed by atoms with E-state index in [9.17, 15) is 4.79 Å². The highest BCUT2D eigenvalue weighted by Crippen LogP contribution is 2.14. The Hall–Kier alpha value is -0.353. The van der Waals surface area contributed by atoms with E-state index in [4.69, 9.17) is 9.16 Å². The van der Waals surface area contributed by atoms with Gasteiger partial charge in [-0.2, -0.15) is 0 Å². The molecule has 0 atom stereocenters. The van der Waals surface area contributed by atoms with Gasteiger partial charge >= 0.3 is 5.97 Å². The van der Waals surface area contributed by atoms with Crippen molar-refractivity contribution in [2.75, 3.05) is 6.23 Å². The smallest absolute Gasteiger partial charge is 0.310 e. The van der Waals surface area contributed by atoms with Gasteiger partial charge in [0.05, 0.1) is 5.41 Å². The van der Waals surface area contributed by atoms with Crippen LogP contribution in [0.2, 0.25) is 0 Å². The van der Waals surface area contributed by atoms with Crippen LogP contribution in [0.3, 0.4) is 0 Å². The zero-order valence-corrected chi connectivity index (χ0v) is 11.6. The van der Waals surface area contributed by atoms with Crippen LogP contribution in [0.15, 0.2) is 0 Å². The van der Waals surface area contributed by atoms with Crippen molar-refractivity contribution in [2.45, 2.75) is 47.1 Å². The molecule has 0 unspecified atom stereocenters. The van der Waals surface area contributed by atoms with Gasteiger partial charge in [0.1, 0.15) is 6.23 Å². The third-order valence-corrected chi connectivity index (χ3v) is 2.90. The molecule has 0 bridgehead atoms. The van der Waals surface area contributed by atoms with E-state index in [0.717, 1.165) is 0 Å². The maximum absolute atomic E-state index is 11.3. The summed E-state index contributed by atoms with van der Waals surface area (Å²) >= 11 is 0. The molecule has 0 fully saturated rings. The second kappa shape index (κ2) is 4.93. The summed E-state index contributed by atoms with van der Waals surface area (Å²) in [5.41, 5.74) is -0.517. The number of carbonyl (C=O) groups excluding carboxylic acids is 1. The fourth-order valence-corrected chi connectivity index (χ4v) is 1.66. The summed E-state index contributed by atoms with van der Waals surface area (Å²) in [6, 6.07) is 0. The molecule has 0 spiro atoms. The zero-order valence-electron chi connectivity index (χ0n) is 10.1. The number of rotatable bonds is 3. The first-order valence-corrected chi connectivity index (χ1v) is 6.52. The first-order chi connectivity index (χ1) is 6.13. The van der Waals surface area contributed by atoms with E-state index in [1.165, 1.54) is 0 Å². The van der Waals surface area contributed by atoms with Gasteiger partial charge in [-0.3, -0.25) is 4.79 Å². The van der Waals surface area contributed by atoms with E-state index in [-0.39, 0.29) is 11.6 Å². The molecule has 0 rings (SSSR count). The third-order valence-electron chi connectivity index (χ3n) is 1.46. The van der Waals surface area contributed by atoms with Crippen molar-refractivity contribution in [3.63, 3.8) is 0 Å². The predicted molar refractivity (Wildman–Crippen MR) is 59.8 cm³/mol. The van der Waals surface area contributed by atoms with E-state index in [2.05, 4.69) is 0 Å². The molecule has 0 aliphatic carbocycles. The average Bonchev–Trinajstić information content (AvgIpc) is 1.93. The van der Waals surface area contributed by atoms with Crippen molar-refractivity contribution in [3.05, 3.63) is 0 Å². The second-order valence-electron chi connectivity index (χ2n) is 5.35. The van der Waals surface area contributed by atoms with E-state index >= 15 is 0 Å². The number of hydrogen-bond acceptors (Lipinski definition) is 3. The van der Waals surface area contributed by atoms with Crippen LogP contribution in [0.5, 0.6) is 0 Å². The molecule has 4 heteroatoms. The van der Waals surface area contributed by atoms with Crippen LogP contribution in [0.4, 0.5) is 0 Å². The second-order valence-corrected chi connectivity index (χ2v) is 6.45. The fourth-order valence-electron chi connectivity index (χ4n) is 0.699. The highest BCUT2D eigenvalue weighted by Gasteiger charge is 2.23. The molecular formula is C10H22O3Si. The van der Waals surface area contributed by atoms with Crippen molar-refractivity contribution in [3.8, 4) is 0 Å². The Morgan fingerprint density at radius 2 is 1.64 bits per heavy atom. The Kier molecular flexibility index (Phi) is 4.81. The first-order valence-electron chi connectivity index (χ1n) is 4.94. The maximum Gasteiger partial charge on any atom is 0.310 e. The largest absolute Gasteiger partial charge is 0.467 e. The van der Waals surface area contributed by atoms with Crippen LogP contribution in [0, 0.1) is 5.41 Å². The summed E-state index contributed by atoms with van der Waals surface area (Å²) in [7, 11) is -0.737.